The first-order valence-corrected chi connectivity index (χ1v) is 4.43. The van der Waals surface area contributed by atoms with Crippen molar-refractivity contribution in [3.8, 4) is 0 Å². The number of hydrazine groups is 1. The molecule has 58 valence electrons. The Morgan fingerprint density at radius 3 is 3.09 bits per heavy atom. The molecule has 0 aliphatic carbocycles. The standard InChI is InChI=1S/C8H9BrN2/c9-7-3-1-2-6-4-5-10-11-8(6)7/h1-3,10-11H,4-5H2. The molecule has 2 N–H and O–H groups in total. The summed E-state index contributed by atoms with van der Waals surface area (Å²) in [6.45, 7) is 1.00. The van der Waals surface area contributed by atoms with E-state index in [0.717, 1.165) is 17.4 Å². The van der Waals surface area contributed by atoms with Gasteiger partial charge in [0.1, 0.15) is 0 Å². The van der Waals surface area contributed by atoms with Crippen molar-refractivity contribution < 1.29 is 0 Å². The number of nitrogens with one attached hydrogen (secondary N) is 2. The van der Waals surface area contributed by atoms with E-state index >= 15 is 0 Å². The summed E-state index contributed by atoms with van der Waals surface area (Å²) in [5, 5.41) is 0. The van der Waals surface area contributed by atoms with Crippen molar-refractivity contribution >= 4 is 21.6 Å². The summed E-state index contributed by atoms with van der Waals surface area (Å²) in [6.07, 6.45) is 1.10. The third-order valence-corrected chi connectivity index (χ3v) is 2.49. The highest BCUT2D eigenvalue weighted by atomic mass is 79.9. The second kappa shape index (κ2) is 2.83. The Balaban J connectivity index is 2.49. The van der Waals surface area contributed by atoms with E-state index in [0.29, 0.717) is 0 Å². The van der Waals surface area contributed by atoms with Gasteiger partial charge in [0, 0.05) is 11.0 Å². The second-order valence-electron chi connectivity index (χ2n) is 2.58. The number of benzene rings is 1. The van der Waals surface area contributed by atoms with Gasteiger partial charge in [0.2, 0.25) is 0 Å². The maximum atomic E-state index is 3.48. The highest BCUT2D eigenvalue weighted by molar-refractivity contribution is 9.10. The average Bonchev–Trinajstić information content (AvgIpc) is 2.06. The Morgan fingerprint density at radius 1 is 1.36 bits per heavy atom. The summed E-state index contributed by atoms with van der Waals surface area (Å²) in [5.41, 5.74) is 8.79. The molecule has 1 heterocycles. The summed E-state index contributed by atoms with van der Waals surface area (Å²) in [4.78, 5) is 0. The van der Waals surface area contributed by atoms with Crippen molar-refractivity contribution in [2.24, 2.45) is 0 Å². The van der Waals surface area contributed by atoms with Crippen LogP contribution < -0.4 is 10.9 Å². The van der Waals surface area contributed by atoms with Crippen LogP contribution in [0.25, 0.3) is 0 Å². The molecule has 1 aromatic carbocycles. The molecule has 0 radical (unpaired) electrons. The summed E-state index contributed by atoms with van der Waals surface area (Å²) in [7, 11) is 0. The van der Waals surface area contributed by atoms with Gasteiger partial charge in [0.25, 0.3) is 0 Å². The van der Waals surface area contributed by atoms with Crippen LogP contribution in [0.15, 0.2) is 22.7 Å². The summed E-state index contributed by atoms with van der Waals surface area (Å²) < 4.78 is 1.13. The highest BCUT2D eigenvalue weighted by Crippen LogP contribution is 2.27. The van der Waals surface area contributed by atoms with Crippen LogP contribution >= 0.6 is 15.9 Å². The lowest BCUT2D eigenvalue weighted by atomic mass is 10.1. The lowest BCUT2D eigenvalue weighted by Crippen LogP contribution is -2.29. The largest absolute Gasteiger partial charge is 0.320 e. The van der Waals surface area contributed by atoms with E-state index < -0.39 is 0 Å². The molecule has 1 aliphatic heterocycles. The first-order valence-electron chi connectivity index (χ1n) is 3.64. The van der Waals surface area contributed by atoms with Gasteiger partial charge >= 0.3 is 0 Å². The van der Waals surface area contributed by atoms with Gasteiger partial charge in [0.05, 0.1) is 5.69 Å². The Labute approximate surface area is 74.1 Å². The predicted molar refractivity (Wildman–Crippen MR) is 49.5 cm³/mol. The van der Waals surface area contributed by atoms with Crippen LogP contribution in [-0.2, 0) is 6.42 Å². The molecule has 0 bridgehead atoms. The van der Waals surface area contributed by atoms with Crippen molar-refractivity contribution in [2.45, 2.75) is 6.42 Å². The van der Waals surface area contributed by atoms with E-state index in [4.69, 9.17) is 0 Å². The number of halogens is 1. The Hall–Kier alpha value is -0.540. The first-order chi connectivity index (χ1) is 5.38. The molecule has 0 amide bonds. The Kier molecular flexibility index (Phi) is 1.84. The van der Waals surface area contributed by atoms with Crippen LogP contribution in [-0.4, -0.2) is 6.54 Å². The van der Waals surface area contributed by atoms with Crippen molar-refractivity contribution in [3.05, 3.63) is 28.2 Å². The van der Waals surface area contributed by atoms with Crippen LogP contribution in [0.2, 0.25) is 0 Å². The lowest BCUT2D eigenvalue weighted by Gasteiger charge is -2.19. The molecule has 1 aliphatic rings. The fourth-order valence-corrected chi connectivity index (χ4v) is 1.77. The maximum absolute atomic E-state index is 3.48. The minimum absolute atomic E-state index is 1.00. The molecule has 0 fully saturated rings. The van der Waals surface area contributed by atoms with E-state index in [1.54, 1.807) is 0 Å². The zero-order chi connectivity index (χ0) is 7.68. The van der Waals surface area contributed by atoms with Crippen LogP contribution in [0.3, 0.4) is 0 Å². The minimum Gasteiger partial charge on any atom is -0.320 e. The number of para-hydroxylation sites is 1. The molecule has 1 aromatic rings. The van der Waals surface area contributed by atoms with Gasteiger partial charge in [-0.3, -0.25) is 0 Å². The van der Waals surface area contributed by atoms with Gasteiger partial charge in [-0.15, -0.1) is 0 Å². The SMILES string of the molecule is Brc1cccc2c1NNCC2. The van der Waals surface area contributed by atoms with Crippen molar-refractivity contribution in [2.75, 3.05) is 12.0 Å². The smallest absolute Gasteiger partial charge is 0.0662 e. The minimum atomic E-state index is 1.00. The van der Waals surface area contributed by atoms with Crippen LogP contribution in [0.1, 0.15) is 5.56 Å². The van der Waals surface area contributed by atoms with Crippen molar-refractivity contribution in [1.29, 1.82) is 0 Å². The van der Waals surface area contributed by atoms with E-state index in [9.17, 15) is 0 Å². The van der Waals surface area contributed by atoms with Crippen LogP contribution in [0, 0.1) is 0 Å². The molecule has 2 rings (SSSR count). The van der Waals surface area contributed by atoms with Gasteiger partial charge in [0.15, 0.2) is 0 Å². The van der Waals surface area contributed by atoms with Crippen molar-refractivity contribution in [1.82, 2.24) is 5.43 Å². The average molecular weight is 213 g/mol. The van der Waals surface area contributed by atoms with Gasteiger partial charge in [-0.1, -0.05) is 12.1 Å². The summed E-state index contributed by atoms with van der Waals surface area (Å²) in [6, 6.07) is 6.25. The maximum Gasteiger partial charge on any atom is 0.0662 e. The topological polar surface area (TPSA) is 24.1 Å². The van der Waals surface area contributed by atoms with Crippen LogP contribution in [0.5, 0.6) is 0 Å². The Bertz CT molecular complexity index is 273. The van der Waals surface area contributed by atoms with Gasteiger partial charge in [-0.05, 0) is 34.0 Å². The lowest BCUT2D eigenvalue weighted by molar-refractivity contribution is 0.746. The number of fused-ring (bicyclic) bond motifs is 1. The van der Waals surface area contributed by atoms with Gasteiger partial charge in [-0.25, -0.2) is 5.43 Å². The predicted octanol–water partition coefficient (Wildman–Crippen LogP) is 1.92. The molecule has 0 spiro atoms. The highest BCUT2D eigenvalue weighted by Gasteiger charge is 2.09. The molecule has 0 saturated heterocycles. The number of anilines is 1. The quantitative estimate of drug-likeness (QED) is 0.687. The molecule has 2 nitrogen and oxygen atoms in total. The van der Waals surface area contributed by atoms with E-state index in [1.165, 1.54) is 11.3 Å². The molecule has 0 aromatic heterocycles. The summed E-state index contributed by atoms with van der Waals surface area (Å²) in [5.74, 6) is 0. The monoisotopic (exact) mass is 212 g/mol. The fourth-order valence-electron chi connectivity index (χ4n) is 1.27. The third kappa shape index (κ3) is 1.26. The van der Waals surface area contributed by atoms with Gasteiger partial charge < -0.3 is 5.43 Å². The van der Waals surface area contributed by atoms with E-state index in [2.05, 4.69) is 38.9 Å². The third-order valence-electron chi connectivity index (χ3n) is 1.83. The normalized spacial score (nSPS) is 15.4. The molecule has 0 unspecified atom stereocenters. The van der Waals surface area contributed by atoms with Crippen LogP contribution in [0.4, 0.5) is 5.69 Å². The van der Waals surface area contributed by atoms with Gasteiger partial charge in [-0.2, -0.15) is 0 Å². The van der Waals surface area contributed by atoms with Crippen molar-refractivity contribution in [3.63, 3.8) is 0 Å². The Morgan fingerprint density at radius 2 is 2.27 bits per heavy atom. The molecular formula is C8H9BrN2. The fraction of sp³-hybridized carbons (Fsp3) is 0.250. The molecule has 3 heteroatoms. The number of hydrogen-bond acceptors (Lipinski definition) is 2. The second-order valence-corrected chi connectivity index (χ2v) is 3.43. The van der Waals surface area contributed by atoms with E-state index in [1.807, 2.05) is 6.07 Å². The van der Waals surface area contributed by atoms with E-state index in [-0.39, 0.29) is 0 Å². The number of rotatable bonds is 0. The molecule has 0 saturated carbocycles. The molecule has 11 heavy (non-hydrogen) atoms. The first kappa shape index (κ1) is 7.13. The molecular weight excluding hydrogens is 204 g/mol. The zero-order valence-electron chi connectivity index (χ0n) is 6.02. The number of hydrogen-bond donors (Lipinski definition) is 2. The molecule has 0 atom stereocenters. The summed E-state index contributed by atoms with van der Waals surface area (Å²) >= 11 is 3.48. The zero-order valence-corrected chi connectivity index (χ0v) is 7.61.